The van der Waals surface area contributed by atoms with E-state index in [0.717, 1.165) is 30.6 Å². The summed E-state index contributed by atoms with van der Waals surface area (Å²) in [5.41, 5.74) is 3.66. The molecule has 0 aliphatic heterocycles. The van der Waals surface area contributed by atoms with Gasteiger partial charge in [-0.2, -0.15) is 0 Å². The second-order valence-electron chi connectivity index (χ2n) is 11.1. The lowest BCUT2D eigenvalue weighted by molar-refractivity contribution is 0.0479. The molecule has 0 saturated heterocycles. The second-order valence-corrected chi connectivity index (χ2v) is 11.1. The first-order chi connectivity index (χ1) is 12.2. The van der Waals surface area contributed by atoms with Crippen molar-refractivity contribution in [2.75, 3.05) is 0 Å². The first kappa shape index (κ1) is 18.8. The maximum absolute atomic E-state index is 10.5. The first-order valence-corrected chi connectivity index (χ1v) is 11.3. The molecule has 4 rings (SSSR count). The molecular formula is C25H40O. The molecule has 4 aliphatic rings. The Morgan fingerprint density at radius 2 is 1.92 bits per heavy atom. The van der Waals surface area contributed by atoms with Crippen molar-refractivity contribution in [3.63, 3.8) is 0 Å². The van der Waals surface area contributed by atoms with Crippen LogP contribution in [0.3, 0.4) is 0 Å². The zero-order valence-corrected chi connectivity index (χ0v) is 17.7. The van der Waals surface area contributed by atoms with E-state index < -0.39 is 0 Å². The summed E-state index contributed by atoms with van der Waals surface area (Å²) < 4.78 is 0. The van der Waals surface area contributed by atoms with Crippen LogP contribution in [-0.4, -0.2) is 11.2 Å². The molecule has 0 bridgehead atoms. The minimum atomic E-state index is -0.129. The van der Waals surface area contributed by atoms with Crippen molar-refractivity contribution >= 4 is 0 Å². The zero-order chi connectivity index (χ0) is 18.8. The molecule has 4 aliphatic carbocycles. The monoisotopic (exact) mass is 356 g/mol. The minimum Gasteiger partial charge on any atom is -0.393 e. The molecule has 26 heavy (non-hydrogen) atoms. The Labute approximate surface area is 161 Å². The molecule has 0 spiro atoms. The number of hydrogen-bond donors (Lipinski definition) is 1. The molecule has 0 aromatic heterocycles. The fourth-order valence-electron chi connectivity index (χ4n) is 7.74. The summed E-state index contributed by atoms with van der Waals surface area (Å²) in [5.74, 6) is 5.48. The topological polar surface area (TPSA) is 20.2 Å². The van der Waals surface area contributed by atoms with Crippen LogP contribution in [-0.2, 0) is 0 Å². The Kier molecular flexibility index (Phi) is 4.70. The third-order valence-corrected chi connectivity index (χ3v) is 9.54. The van der Waals surface area contributed by atoms with E-state index in [9.17, 15) is 5.11 Å². The van der Waals surface area contributed by atoms with Crippen molar-refractivity contribution in [3.05, 3.63) is 23.8 Å². The highest BCUT2D eigenvalue weighted by Gasteiger charge is 2.54. The SMILES string of the molecule is C=C1[C@H]2C[C@H](O)[C@@H](C)[C@H]2C/C=C(/C)[C@H]2C[C@@]3(C)CC[C@@H](C(C)C)[C@@H]3C[C@@H]12. The van der Waals surface area contributed by atoms with E-state index >= 15 is 0 Å². The van der Waals surface area contributed by atoms with Gasteiger partial charge in [0.1, 0.15) is 0 Å². The molecule has 3 saturated carbocycles. The Balaban J connectivity index is 1.68. The van der Waals surface area contributed by atoms with E-state index in [1.807, 2.05) is 0 Å². The van der Waals surface area contributed by atoms with Crippen LogP contribution in [0.25, 0.3) is 0 Å². The number of aliphatic hydroxyl groups is 1. The van der Waals surface area contributed by atoms with Crippen LogP contribution in [0.4, 0.5) is 0 Å². The van der Waals surface area contributed by atoms with Gasteiger partial charge in [0.15, 0.2) is 0 Å². The lowest BCUT2D eigenvalue weighted by Crippen LogP contribution is -2.41. The van der Waals surface area contributed by atoms with Gasteiger partial charge in [-0.1, -0.05) is 51.5 Å². The highest BCUT2D eigenvalue weighted by molar-refractivity contribution is 5.24. The summed E-state index contributed by atoms with van der Waals surface area (Å²) in [6.07, 6.45) is 10.1. The molecule has 9 atom stereocenters. The van der Waals surface area contributed by atoms with Gasteiger partial charge in [-0.25, -0.2) is 0 Å². The maximum Gasteiger partial charge on any atom is 0.0574 e. The van der Waals surface area contributed by atoms with Crippen LogP contribution in [0, 0.1) is 52.8 Å². The summed E-state index contributed by atoms with van der Waals surface area (Å²) in [7, 11) is 0. The molecule has 1 nitrogen and oxygen atoms in total. The van der Waals surface area contributed by atoms with Gasteiger partial charge in [-0.3, -0.25) is 0 Å². The van der Waals surface area contributed by atoms with E-state index in [0.29, 0.717) is 35.0 Å². The van der Waals surface area contributed by atoms with Gasteiger partial charge in [0, 0.05) is 0 Å². The predicted octanol–water partition coefficient (Wildman–Crippen LogP) is 6.24. The van der Waals surface area contributed by atoms with Gasteiger partial charge < -0.3 is 5.11 Å². The van der Waals surface area contributed by atoms with E-state index in [2.05, 4.69) is 40.7 Å². The molecule has 1 N–H and O–H groups in total. The Bertz CT molecular complexity index is 601. The number of aliphatic hydroxyl groups excluding tert-OH is 1. The van der Waals surface area contributed by atoms with E-state index in [-0.39, 0.29) is 6.10 Å². The molecule has 1 heteroatoms. The molecular weight excluding hydrogens is 316 g/mol. The highest BCUT2D eigenvalue weighted by atomic mass is 16.3. The Morgan fingerprint density at radius 1 is 1.19 bits per heavy atom. The van der Waals surface area contributed by atoms with Crippen LogP contribution in [0.2, 0.25) is 0 Å². The van der Waals surface area contributed by atoms with Gasteiger partial charge in [-0.15, -0.1) is 0 Å². The van der Waals surface area contributed by atoms with Gasteiger partial charge in [0.05, 0.1) is 6.10 Å². The highest BCUT2D eigenvalue weighted by Crippen LogP contribution is 2.63. The molecule has 0 aromatic carbocycles. The molecule has 3 fully saturated rings. The fourth-order valence-corrected chi connectivity index (χ4v) is 7.74. The van der Waals surface area contributed by atoms with Crippen molar-refractivity contribution < 1.29 is 5.11 Å². The predicted molar refractivity (Wildman–Crippen MR) is 110 cm³/mol. The normalized spacial score (nSPS) is 53.3. The first-order valence-electron chi connectivity index (χ1n) is 11.3. The fraction of sp³-hybridized carbons (Fsp3) is 0.840. The lowest BCUT2D eigenvalue weighted by Gasteiger charge is -2.50. The van der Waals surface area contributed by atoms with E-state index in [1.54, 1.807) is 5.57 Å². The van der Waals surface area contributed by atoms with Crippen LogP contribution < -0.4 is 0 Å². The quantitative estimate of drug-likeness (QED) is 0.551. The molecule has 0 unspecified atom stereocenters. The average Bonchev–Trinajstić information content (AvgIpc) is 3.07. The van der Waals surface area contributed by atoms with Crippen molar-refractivity contribution in [3.8, 4) is 0 Å². The number of rotatable bonds is 1. The third-order valence-electron chi connectivity index (χ3n) is 9.54. The van der Waals surface area contributed by atoms with Gasteiger partial charge >= 0.3 is 0 Å². The summed E-state index contributed by atoms with van der Waals surface area (Å²) in [4.78, 5) is 0. The van der Waals surface area contributed by atoms with Gasteiger partial charge in [0.2, 0.25) is 0 Å². The van der Waals surface area contributed by atoms with Crippen molar-refractivity contribution in [2.45, 2.75) is 79.2 Å². The van der Waals surface area contributed by atoms with E-state index in [1.165, 1.54) is 31.3 Å². The zero-order valence-electron chi connectivity index (χ0n) is 17.7. The lowest BCUT2D eigenvalue weighted by atomic mass is 9.55. The van der Waals surface area contributed by atoms with E-state index in [4.69, 9.17) is 6.58 Å². The standard InChI is InChI=1S/C25H40O/c1-14(2)18-9-10-25(6)13-22-15(3)7-8-19-17(5)24(26)12-21(19)16(4)20(22)11-23(18)25/h7,14,17-24,26H,4,8-13H2,1-3,5-6H3/b15-7-/t17-,18-,19+,20-,21+,22+,23-,24-,25+/m0/s1. The summed E-state index contributed by atoms with van der Waals surface area (Å²) in [6, 6.07) is 0. The largest absolute Gasteiger partial charge is 0.393 e. The molecule has 0 amide bonds. The Hall–Kier alpha value is -0.560. The van der Waals surface area contributed by atoms with Crippen LogP contribution in [0.1, 0.15) is 73.1 Å². The summed E-state index contributed by atoms with van der Waals surface area (Å²) >= 11 is 0. The third kappa shape index (κ3) is 2.76. The van der Waals surface area contributed by atoms with Crippen molar-refractivity contribution in [1.82, 2.24) is 0 Å². The number of allylic oxidation sites excluding steroid dienone is 3. The van der Waals surface area contributed by atoms with Crippen molar-refractivity contribution in [1.29, 1.82) is 0 Å². The number of hydrogen-bond acceptors (Lipinski definition) is 1. The average molecular weight is 357 g/mol. The molecule has 0 aromatic rings. The van der Waals surface area contributed by atoms with Gasteiger partial charge in [-0.05, 0) is 98.2 Å². The molecule has 146 valence electrons. The number of fused-ring (bicyclic) bond motifs is 3. The molecule has 0 heterocycles. The van der Waals surface area contributed by atoms with Crippen molar-refractivity contribution in [2.24, 2.45) is 52.8 Å². The maximum atomic E-state index is 10.5. The summed E-state index contributed by atoms with van der Waals surface area (Å²) in [5, 5.41) is 10.5. The minimum absolute atomic E-state index is 0.129. The smallest absolute Gasteiger partial charge is 0.0574 e. The molecule has 0 radical (unpaired) electrons. The second kappa shape index (κ2) is 6.50. The summed E-state index contributed by atoms with van der Waals surface area (Å²) in [6.45, 7) is 16.8. The van der Waals surface area contributed by atoms with Crippen LogP contribution >= 0.6 is 0 Å². The van der Waals surface area contributed by atoms with Crippen LogP contribution in [0.5, 0.6) is 0 Å². The Morgan fingerprint density at radius 3 is 2.62 bits per heavy atom. The van der Waals surface area contributed by atoms with Gasteiger partial charge in [0.25, 0.3) is 0 Å². The van der Waals surface area contributed by atoms with Crippen LogP contribution in [0.15, 0.2) is 23.8 Å².